The van der Waals surface area contributed by atoms with Gasteiger partial charge in [-0.3, -0.25) is 25.1 Å². The van der Waals surface area contributed by atoms with E-state index in [0.717, 1.165) is 11.1 Å². The Morgan fingerprint density at radius 1 is 0.786 bits per heavy atom. The first-order valence-electron chi connectivity index (χ1n) is 12.6. The summed E-state index contributed by atoms with van der Waals surface area (Å²) < 4.78 is 46.8. The van der Waals surface area contributed by atoms with Crippen LogP contribution < -0.4 is 20.7 Å². The zero-order chi connectivity index (χ0) is 31.1. The lowest BCUT2D eigenvalue weighted by atomic mass is 9.88. The van der Waals surface area contributed by atoms with Gasteiger partial charge in [0.25, 0.3) is 0 Å². The molecule has 0 aromatic heterocycles. The molecule has 0 aliphatic heterocycles. The van der Waals surface area contributed by atoms with Crippen molar-refractivity contribution in [1.82, 2.24) is 5.32 Å². The molecule has 0 fully saturated rings. The Morgan fingerprint density at radius 3 is 1.60 bits per heavy atom. The van der Waals surface area contributed by atoms with Crippen LogP contribution in [0.5, 0.6) is 5.75 Å². The Kier molecular flexibility index (Phi) is 13.7. The highest BCUT2D eigenvalue weighted by Gasteiger charge is 2.19. The van der Waals surface area contributed by atoms with Crippen LogP contribution in [-0.4, -0.2) is 67.9 Å². The molecular formula is C28H35N3O10S. The van der Waals surface area contributed by atoms with E-state index in [9.17, 15) is 14.7 Å². The predicted octanol–water partition coefficient (Wildman–Crippen LogP) is 4.29. The Morgan fingerprint density at radius 2 is 1.21 bits per heavy atom. The van der Waals surface area contributed by atoms with Crippen molar-refractivity contribution in [3.63, 3.8) is 0 Å². The highest BCUT2D eigenvalue weighted by molar-refractivity contribution is 7.79. The Hall–Kier alpha value is -4.21. The van der Waals surface area contributed by atoms with Gasteiger partial charge >= 0.3 is 22.6 Å². The lowest BCUT2D eigenvalue weighted by molar-refractivity contribution is 0.0268. The Bertz CT molecular complexity index is 1280. The minimum Gasteiger partial charge on any atom is -0.473 e. The molecule has 0 aliphatic carbocycles. The molecule has 0 heterocycles. The van der Waals surface area contributed by atoms with E-state index in [1.807, 2.05) is 78.9 Å². The van der Waals surface area contributed by atoms with E-state index in [4.69, 9.17) is 22.3 Å². The molecule has 2 amide bonds. The summed E-state index contributed by atoms with van der Waals surface area (Å²) in [5.74, 6) is 0.651. The van der Waals surface area contributed by atoms with Crippen LogP contribution in [0.1, 0.15) is 30.4 Å². The number of rotatable bonds is 11. The molecule has 42 heavy (non-hydrogen) atoms. The third kappa shape index (κ3) is 13.0. The first-order chi connectivity index (χ1) is 19.9. The van der Waals surface area contributed by atoms with E-state index >= 15 is 0 Å². The zero-order valence-corrected chi connectivity index (χ0v) is 24.1. The van der Waals surface area contributed by atoms with Crippen LogP contribution in [0.25, 0.3) is 0 Å². The van der Waals surface area contributed by atoms with Crippen molar-refractivity contribution in [3.8, 4) is 5.75 Å². The van der Waals surface area contributed by atoms with Gasteiger partial charge in [0.1, 0.15) is 11.9 Å². The van der Waals surface area contributed by atoms with Gasteiger partial charge in [-0.05, 0) is 67.4 Å². The van der Waals surface area contributed by atoms with Crippen LogP contribution in [-0.2, 0) is 19.9 Å². The Labute approximate surface area is 244 Å². The first-order valence-corrected chi connectivity index (χ1v) is 14.0. The second-order valence-corrected chi connectivity index (χ2v) is 9.71. The van der Waals surface area contributed by atoms with E-state index in [1.54, 1.807) is 6.92 Å². The lowest BCUT2D eigenvalue weighted by Crippen LogP contribution is -2.43. The van der Waals surface area contributed by atoms with Crippen LogP contribution in [0.2, 0.25) is 0 Å². The molecule has 3 aromatic rings. The molecule has 6 N–H and O–H groups in total. The summed E-state index contributed by atoms with van der Waals surface area (Å²) in [7, 11) is -2.04. The first kappa shape index (κ1) is 34.0. The van der Waals surface area contributed by atoms with E-state index < -0.39 is 34.9 Å². The van der Waals surface area contributed by atoms with Crippen LogP contribution in [0.15, 0.2) is 78.9 Å². The number of carbonyl (C=O) groups excluding carboxylic acids is 2. The second-order valence-electron chi connectivity index (χ2n) is 8.81. The van der Waals surface area contributed by atoms with E-state index in [0.29, 0.717) is 30.1 Å². The summed E-state index contributed by atoms with van der Waals surface area (Å²) in [6.07, 6.45) is -1.70. The summed E-state index contributed by atoms with van der Waals surface area (Å²) in [5, 5.41) is 18.9. The molecule has 3 aromatic carbocycles. The predicted molar refractivity (Wildman–Crippen MR) is 156 cm³/mol. The Balaban J connectivity index is 0.00000113. The third-order valence-electron chi connectivity index (χ3n) is 5.71. The molecule has 228 valence electrons. The van der Waals surface area contributed by atoms with Crippen molar-refractivity contribution in [2.75, 3.05) is 31.4 Å². The molecule has 0 spiro atoms. The normalized spacial score (nSPS) is 12.3. The molecule has 0 saturated heterocycles. The standard InChI is InChI=1S/C28H33N3O6.H2O4S/c1-19(32)26(37-24-7-5-4-6-8-24)29-18-17-25(20-9-13-22(14-10-20)30-27(33)35-2)21-11-15-23(16-12-21)31-28(34)36-3;1-5(2,3)4/h4-16,19,25-26,29,32H,17-18H2,1-3H3,(H,30,33)(H,31,34);(H2,1,2,3,4). The number of anilines is 2. The van der Waals surface area contributed by atoms with Crippen LogP contribution in [0.3, 0.4) is 0 Å². The molecule has 0 saturated carbocycles. The minimum absolute atomic E-state index is 0.0155. The SMILES string of the molecule is COC(=O)Nc1ccc(C(CCNC(Oc2ccccc2)C(C)O)c2ccc(NC(=O)OC)cc2)cc1.O=S(=O)(O)O. The van der Waals surface area contributed by atoms with Crippen molar-refractivity contribution in [1.29, 1.82) is 0 Å². The highest BCUT2D eigenvalue weighted by atomic mass is 32.3. The maximum Gasteiger partial charge on any atom is 0.411 e. The molecule has 0 aliphatic rings. The number of methoxy groups -OCH3 is 2. The van der Waals surface area contributed by atoms with Crippen LogP contribution in [0.4, 0.5) is 21.0 Å². The summed E-state index contributed by atoms with van der Waals surface area (Å²) in [4.78, 5) is 23.1. The molecule has 0 bridgehead atoms. The van der Waals surface area contributed by atoms with Crippen LogP contribution in [0, 0.1) is 0 Å². The van der Waals surface area contributed by atoms with Gasteiger partial charge in [0.05, 0.1) is 14.2 Å². The number of hydrogen-bond acceptors (Lipinski definition) is 9. The molecule has 2 unspecified atom stereocenters. The quantitative estimate of drug-likeness (QED) is 0.135. The van der Waals surface area contributed by atoms with Gasteiger partial charge in [-0.25, -0.2) is 9.59 Å². The fourth-order valence-corrected chi connectivity index (χ4v) is 3.79. The zero-order valence-electron chi connectivity index (χ0n) is 23.3. The number of hydrogen-bond donors (Lipinski definition) is 6. The summed E-state index contributed by atoms with van der Waals surface area (Å²) in [5.41, 5.74) is 3.30. The van der Waals surface area contributed by atoms with E-state index in [2.05, 4.69) is 25.4 Å². The van der Waals surface area contributed by atoms with E-state index in [1.165, 1.54) is 14.2 Å². The molecule has 0 radical (unpaired) electrons. The number of para-hydroxylation sites is 1. The van der Waals surface area contributed by atoms with Gasteiger partial charge in [-0.15, -0.1) is 0 Å². The smallest absolute Gasteiger partial charge is 0.411 e. The second kappa shape index (κ2) is 16.9. The molecule has 13 nitrogen and oxygen atoms in total. The fourth-order valence-electron chi connectivity index (χ4n) is 3.79. The molecular weight excluding hydrogens is 570 g/mol. The minimum atomic E-state index is -4.67. The van der Waals surface area contributed by atoms with Crippen molar-refractivity contribution in [3.05, 3.63) is 90.0 Å². The van der Waals surface area contributed by atoms with Gasteiger partial charge in [0, 0.05) is 17.3 Å². The number of aliphatic hydroxyl groups excluding tert-OH is 1. The van der Waals surface area contributed by atoms with Crippen LogP contribution >= 0.6 is 0 Å². The van der Waals surface area contributed by atoms with Gasteiger partial charge in [0.2, 0.25) is 0 Å². The van der Waals surface area contributed by atoms with Crippen molar-refractivity contribution in [2.24, 2.45) is 0 Å². The summed E-state index contributed by atoms with van der Waals surface area (Å²) >= 11 is 0. The monoisotopic (exact) mass is 605 g/mol. The average molecular weight is 606 g/mol. The maximum absolute atomic E-state index is 11.5. The number of nitrogens with one attached hydrogen (secondary N) is 3. The average Bonchev–Trinajstić information content (AvgIpc) is 2.95. The van der Waals surface area contributed by atoms with Gasteiger partial charge < -0.3 is 19.3 Å². The van der Waals surface area contributed by atoms with Gasteiger partial charge in [-0.2, -0.15) is 8.42 Å². The molecule has 3 rings (SSSR count). The number of ether oxygens (including phenoxy) is 3. The lowest BCUT2D eigenvalue weighted by Gasteiger charge is -2.25. The van der Waals surface area contributed by atoms with Crippen molar-refractivity contribution < 1.29 is 46.4 Å². The van der Waals surface area contributed by atoms with Gasteiger partial charge in [0.15, 0.2) is 6.23 Å². The maximum atomic E-state index is 11.5. The summed E-state index contributed by atoms with van der Waals surface area (Å²) in [6.45, 7) is 2.23. The summed E-state index contributed by atoms with van der Waals surface area (Å²) in [6, 6.07) is 24.4. The van der Waals surface area contributed by atoms with Crippen molar-refractivity contribution >= 4 is 34.0 Å². The third-order valence-corrected chi connectivity index (χ3v) is 5.71. The van der Waals surface area contributed by atoms with Crippen molar-refractivity contribution in [2.45, 2.75) is 31.6 Å². The largest absolute Gasteiger partial charge is 0.473 e. The van der Waals surface area contributed by atoms with E-state index in [-0.39, 0.29) is 5.92 Å². The number of benzene rings is 3. The number of carbonyl (C=O) groups is 2. The number of aliphatic hydroxyl groups is 1. The molecule has 2 atom stereocenters. The van der Waals surface area contributed by atoms with Gasteiger partial charge in [-0.1, -0.05) is 42.5 Å². The topological polar surface area (TPSA) is 193 Å². The highest BCUT2D eigenvalue weighted by Crippen LogP contribution is 2.30. The number of amides is 2. The fraction of sp³-hybridized carbons (Fsp3) is 0.286. The molecule has 14 heteroatoms.